The molecule has 28 heteroatoms. The number of nitrogens with one attached hydrogen (secondary N) is 8. The number of nitrogens with two attached hydrogens (primary N) is 3. The standard InChI is InChI=1S/C46H75N11O17/c1-5-23(2)37(53-25(4)59)45(72)52-24(3)19-50-20-34(61)55-31(17-26-9-7-6-8-10-26)44(71)57-29(12-11-27(18-47)73-46-40(67)39(66)38(65)32(22-58)74-46)42(69)51-21-35(62)54-30(14-16-36(63)64)43(70)56-28(41(49)68)13-15-33(48)60/h6-10,23-24,27-32,37-40,46,50,58,65-67H,5,11-22,47H2,1-4H3,(H2,48,60)(H2,49,68)(H,51,69)(H,52,72)(H,53,59)(H,54,62)(H,55,61)(H,56,70)(H,57,71)(H,63,64)/t23-,24-,27+,28-,29-,30-,31-,32+,37-,38-,39-,40+,46+/m0/s1. The van der Waals surface area contributed by atoms with Gasteiger partial charge in [0, 0.05) is 45.3 Å². The highest BCUT2D eigenvalue weighted by molar-refractivity contribution is 5.95. The summed E-state index contributed by atoms with van der Waals surface area (Å²) in [7, 11) is 0. The summed E-state index contributed by atoms with van der Waals surface area (Å²) in [6.07, 6.45) is -11.1. The number of carbonyl (C=O) groups excluding carboxylic acids is 9. The Hall–Kier alpha value is -6.40. The highest BCUT2D eigenvalue weighted by Crippen LogP contribution is 2.24. The first-order chi connectivity index (χ1) is 34.9. The first kappa shape index (κ1) is 63.7. The lowest BCUT2D eigenvalue weighted by atomic mass is 9.98. The molecule has 2 rings (SSSR count). The maximum absolute atomic E-state index is 14.2. The molecule has 0 bridgehead atoms. The molecule has 1 aromatic carbocycles. The van der Waals surface area contributed by atoms with Gasteiger partial charge in [0.25, 0.3) is 0 Å². The zero-order chi connectivity index (χ0) is 55.7. The summed E-state index contributed by atoms with van der Waals surface area (Å²) < 4.78 is 11.2. The van der Waals surface area contributed by atoms with Gasteiger partial charge in [-0.25, -0.2) is 0 Å². The van der Waals surface area contributed by atoms with Gasteiger partial charge in [-0.2, -0.15) is 0 Å². The lowest BCUT2D eigenvalue weighted by Gasteiger charge is -2.40. The van der Waals surface area contributed by atoms with E-state index in [1.165, 1.54) is 6.92 Å². The Morgan fingerprint density at radius 1 is 0.703 bits per heavy atom. The van der Waals surface area contributed by atoms with Crippen molar-refractivity contribution >= 4 is 59.1 Å². The number of benzene rings is 1. The molecule has 0 aromatic heterocycles. The number of aliphatic carboxylic acids is 1. The number of aliphatic hydroxyl groups is 4. The molecular formula is C46H75N11O17. The largest absolute Gasteiger partial charge is 0.481 e. The predicted octanol–water partition coefficient (Wildman–Crippen LogP) is -6.53. The number of ether oxygens (including phenoxy) is 2. The van der Waals surface area contributed by atoms with Crippen LogP contribution in [0.2, 0.25) is 0 Å². The minimum Gasteiger partial charge on any atom is -0.481 e. The minimum absolute atomic E-state index is 0.0909. The Morgan fingerprint density at radius 3 is 1.88 bits per heavy atom. The summed E-state index contributed by atoms with van der Waals surface area (Å²) in [5.41, 5.74) is 17.1. The molecule has 1 fully saturated rings. The van der Waals surface area contributed by atoms with Crippen molar-refractivity contribution < 1.29 is 83.0 Å². The molecule has 0 aliphatic carbocycles. The zero-order valence-corrected chi connectivity index (χ0v) is 42.0. The van der Waals surface area contributed by atoms with E-state index in [1.807, 2.05) is 13.8 Å². The number of hydrogen-bond acceptors (Lipinski definition) is 18. The zero-order valence-electron chi connectivity index (χ0n) is 42.0. The van der Waals surface area contributed by atoms with Crippen molar-refractivity contribution in [2.24, 2.45) is 23.1 Å². The molecule has 1 saturated heterocycles. The fraction of sp³-hybridized carbons (Fsp3) is 0.652. The van der Waals surface area contributed by atoms with E-state index >= 15 is 0 Å². The number of carbonyl (C=O) groups is 10. The van der Waals surface area contributed by atoms with Crippen molar-refractivity contribution in [1.82, 2.24) is 42.5 Å². The van der Waals surface area contributed by atoms with Crippen LogP contribution in [0.25, 0.3) is 0 Å². The molecular weight excluding hydrogens is 979 g/mol. The van der Waals surface area contributed by atoms with Crippen LogP contribution in [0.15, 0.2) is 30.3 Å². The molecule has 1 aliphatic rings. The molecule has 0 unspecified atom stereocenters. The summed E-state index contributed by atoms with van der Waals surface area (Å²) in [6, 6.07) is 1.28. The summed E-state index contributed by atoms with van der Waals surface area (Å²) in [4.78, 5) is 128. The average Bonchev–Trinajstić information content (AvgIpc) is 3.34. The number of rotatable bonds is 34. The molecule has 1 aromatic rings. The fourth-order valence-electron chi connectivity index (χ4n) is 7.43. The van der Waals surface area contributed by atoms with Crippen LogP contribution >= 0.6 is 0 Å². The van der Waals surface area contributed by atoms with Crippen molar-refractivity contribution in [2.45, 2.75) is 152 Å². The molecule has 0 spiro atoms. The Kier molecular flexibility index (Phi) is 28.2. The van der Waals surface area contributed by atoms with Crippen LogP contribution in [0.3, 0.4) is 0 Å². The second-order valence-electron chi connectivity index (χ2n) is 18.0. The van der Waals surface area contributed by atoms with Crippen LogP contribution in [-0.2, 0) is 63.8 Å². The van der Waals surface area contributed by atoms with E-state index < -0.39 is 152 Å². The van der Waals surface area contributed by atoms with E-state index in [0.29, 0.717) is 12.0 Å². The van der Waals surface area contributed by atoms with Gasteiger partial charge in [0.1, 0.15) is 54.6 Å². The number of amides is 9. The van der Waals surface area contributed by atoms with Crippen molar-refractivity contribution in [3.8, 4) is 0 Å². The third kappa shape index (κ3) is 22.8. The van der Waals surface area contributed by atoms with Gasteiger partial charge < -0.3 is 94.7 Å². The van der Waals surface area contributed by atoms with E-state index in [0.717, 1.165) is 0 Å². The summed E-state index contributed by atoms with van der Waals surface area (Å²) in [6.45, 7) is 4.51. The number of hydrogen-bond donors (Lipinski definition) is 16. The molecule has 416 valence electrons. The van der Waals surface area contributed by atoms with Gasteiger partial charge in [-0.15, -0.1) is 0 Å². The maximum Gasteiger partial charge on any atom is 0.303 e. The monoisotopic (exact) mass is 1050 g/mol. The van der Waals surface area contributed by atoms with E-state index in [4.69, 9.17) is 26.7 Å². The fourth-order valence-corrected chi connectivity index (χ4v) is 7.43. The second-order valence-corrected chi connectivity index (χ2v) is 18.0. The van der Waals surface area contributed by atoms with Crippen LogP contribution in [0.1, 0.15) is 78.2 Å². The van der Waals surface area contributed by atoms with Gasteiger partial charge >= 0.3 is 5.97 Å². The topological polar surface area (TPSA) is 465 Å². The summed E-state index contributed by atoms with van der Waals surface area (Å²) in [5.74, 6) is -8.80. The van der Waals surface area contributed by atoms with E-state index in [1.54, 1.807) is 37.3 Å². The van der Waals surface area contributed by atoms with Gasteiger partial charge in [-0.1, -0.05) is 50.6 Å². The van der Waals surface area contributed by atoms with Crippen LogP contribution in [-0.4, -0.2) is 191 Å². The first-order valence-corrected chi connectivity index (χ1v) is 24.2. The van der Waals surface area contributed by atoms with Gasteiger partial charge in [-0.05, 0) is 44.1 Å². The van der Waals surface area contributed by atoms with Gasteiger partial charge in [-0.3, -0.25) is 47.9 Å². The Labute approximate surface area is 427 Å². The van der Waals surface area contributed by atoms with Crippen molar-refractivity contribution in [1.29, 1.82) is 0 Å². The first-order valence-electron chi connectivity index (χ1n) is 24.2. The SMILES string of the molecule is CC[C@H](C)[C@H](NC(C)=O)C(=O)N[C@@H](C)CNCC(=O)N[C@@H](Cc1ccccc1)C(=O)N[C@@H](CC[C@H](CN)O[C@@H]1O[C@H](CO)[C@H](O)[C@H](O)[C@H]1O)C(=O)NCC(=O)N[C@@H](CCC(=O)O)C(=O)N[C@@H](CCC(N)=O)C(N)=O. The molecule has 1 aliphatic heterocycles. The van der Waals surface area contributed by atoms with Crippen molar-refractivity contribution in [2.75, 3.05) is 32.8 Å². The molecule has 9 amide bonds. The highest BCUT2D eigenvalue weighted by atomic mass is 16.7. The van der Waals surface area contributed by atoms with Crippen LogP contribution < -0.4 is 59.7 Å². The predicted molar refractivity (Wildman–Crippen MR) is 260 cm³/mol. The van der Waals surface area contributed by atoms with Gasteiger partial charge in [0.2, 0.25) is 53.2 Å². The Morgan fingerprint density at radius 2 is 1.30 bits per heavy atom. The summed E-state index contributed by atoms with van der Waals surface area (Å²) >= 11 is 0. The molecule has 28 nitrogen and oxygen atoms in total. The van der Waals surface area contributed by atoms with Crippen molar-refractivity contribution in [3.63, 3.8) is 0 Å². The maximum atomic E-state index is 14.2. The van der Waals surface area contributed by atoms with Crippen LogP contribution in [0, 0.1) is 5.92 Å². The normalized spacial score (nSPS) is 20.6. The molecule has 74 heavy (non-hydrogen) atoms. The molecule has 19 N–H and O–H groups in total. The Balaban J connectivity index is 2.35. The Bertz CT molecular complexity index is 2040. The molecule has 13 atom stereocenters. The third-order valence-corrected chi connectivity index (χ3v) is 11.8. The third-order valence-electron chi connectivity index (χ3n) is 11.8. The molecule has 0 radical (unpaired) electrons. The molecule has 0 saturated carbocycles. The minimum atomic E-state index is -1.81. The second kappa shape index (κ2) is 32.7. The van der Waals surface area contributed by atoms with Crippen LogP contribution in [0.4, 0.5) is 0 Å². The number of aliphatic hydroxyl groups excluding tert-OH is 4. The van der Waals surface area contributed by atoms with E-state index in [9.17, 15) is 73.5 Å². The van der Waals surface area contributed by atoms with Gasteiger partial charge in [0.15, 0.2) is 6.29 Å². The number of primary amides is 2. The molecule has 1 heterocycles. The van der Waals surface area contributed by atoms with E-state index in [-0.39, 0.29) is 63.6 Å². The average molecular weight is 1050 g/mol. The lowest BCUT2D eigenvalue weighted by Crippen LogP contribution is -2.60. The number of carboxylic acids is 1. The van der Waals surface area contributed by atoms with Gasteiger partial charge in [0.05, 0.1) is 25.8 Å². The lowest BCUT2D eigenvalue weighted by molar-refractivity contribution is -0.310. The van der Waals surface area contributed by atoms with Crippen molar-refractivity contribution in [3.05, 3.63) is 35.9 Å². The quantitative estimate of drug-likeness (QED) is 0.0305. The summed E-state index contributed by atoms with van der Waals surface area (Å²) in [5, 5.41) is 70.5. The highest BCUT2D eigenvalue weighted by Gasteiger charge is 2.45. The number of carboxylic acid groups (broad SMARTS) is 1. The smallest absolute Gasteiger partial charge is 0.303 e. The van der Waals surface area contributed by atoms with E-state index in [2.05, 4.69) is 42.5 Å². The van der Waals surface area contributed by atoms with Crippen LogP contribution in [0.5, 0.6) is 0 Å².